The van der Waals surface area contributed by atoms with Gasteiger partial charge in [0.2, 0.25) is 0 Å². The number of rotatable bonds is 8. The van der Waals surface area contributed by atoms with Crippen molar-refractivity contribution in [3.8, 4) is 0 Å². The molecule has 1 saturated carbocycles. The van der Waals surface area contributed by atoms with Gasteiger partial charge in [0.25, 0.3) is 0 Å². The van der Waals surface area contributed by atoms with Gasteiger partial charge in [-0.05, 0) is 63.3 Å². The maximum atomic E-state index is 13.7. The molecule has 0 N–H and O–H groups in total. The number of hydrogen-bond acceptors (Lipinski definition) is 5. The van der Waals surface area contributed by atoms with E-state index < -0.39 is 29.2 Å². The molecule has 2 aromatic rings. The molecular formula is C24H30O5S2. The molecule has 0 aromatic heterocycles. The summed E-state index contributed by atoms with van der Waals surface area (Å²) in [6.07, 6.45) is 3.89. The molecule has 3 rings (SSSR count). The number of hydrogen-bond donors (Lipinski definition) is 0. The smallest absolute Gasteiger partial charge is 0.198 e. The second-order valence-corrected chi connectivity index (χ2v) is 13.8. The van der Waals surface area contributed by atoms with Gasteiger partial charge < -0.3 is 0 Å². The standard InChI is InChI=1S/C24H30O5S2/c1-23(17-10-9-16-22(23)25)18-11-19-24(2,30(26,27)20-12-5-3-6-13-20)31(28,29)21-14-7-4-8-15-21/h3-8,12-15H,9-11,16-19H2,1-2H3. The average molecular weight is 463 g/mol. The first-order valence-corrected chi connectivity index (χ1v) is 13.6. The highest BCUT2D eigenvalue weighted by atomic mass is 32.3. The van der Waals surface area contributed by atoms with Gasteiger partial charge in [-0.2, -0.15) is 0 Å². The second kappa shape index (κ2) is 8.87. The van der Waals surface area contributed by atoms with Crippen molar-refractivity contribution < 1.29 is 21.6 Å². The average Bonchev–Trinajstić information content (AvgIpc) is 2.77. The molecular weight excluding hydrogens is 432 g/mol. The number of benzene rings is 2. The van der Waals surface area contributed by atoms with Crippen LogP contribution in [0.25, 0.3) is 0 Å². The second-order valence-electron chi connectivity index (χ2n) is 8.81. The van der Waals surface area contributed by atoms with Gasteiger partial charge in [-0.15, -0.1) is 0 Å². The summed E-state index contributed by atoms with van der Waals surface area (Å²) in [5.41, 5.74) is -0.508. The third kappa shape index (κ3) is 4.35. The minimum atomic E-state index is -4.22. The summed E-state index contributed by atoms with van der Waals surface area (Å²) < 4.78 is 52.6. The Labute approximate surface area is 185 Å². The van der Waals surface area contributed by atoms with Crippen molar-refractivity contribution >= 4 is 25.5 Å². The Hall–Kier alpha value is -1.99. The molecule has 1 atom stereocenters. The molecule has 31 heavy (non-hydrogen) atoms. The van der Waals surface area contributed by atoms with Gasteiger partial charge in [0.1, 0.15) is 5.78 Å². The molecule has 1 aliphatic rings. The summed E-state index contributed by atoms with van der Waals surface area (Å²) in [6.45, 7) is 3.23. The minimum Gasteiger partial charge on any atom is -0.299 e. The summed E-state index contributed by atoms with van der Waals surface area (Å²) >= 11 is 0. The molecule has 0 heterocycles. The van der Waals surface area contributed by atoms with Gasteiger partial charge >= 0.3 is 0 Å². The van der Waals surface area contributed by atoms with Crippen LogP contribution in [0.1, 0.15) is 58.8 Å². The monoisotopic (exact) mass is 462 g/mol. The van der Waals surface area contributed by atoms with E-state index in [0.29, 0.717) is 19.3 Å². The van der Waals surface area contributed by atoms with Crippen molar-refractivity contribution in [3.05, 3.63) is 60.7 Å². The van der Waals surface area contributed by atoms with Gasteiger partial charge in [0.05, 0.1) is 9.79 Å². The van der Waals surface area contributed by atoms with Crippen molar-refractivity contribution in [3.63, 3.8) is 0 Å². The van der Waals surface area contributed by atoms with E-state index in [1.807, 2.05) is 6.92 Å². The molecule has 0 saturated heterocycles. The van der Waals surface area contributed by atoms with Crippen LogP contribution in [0.2, 0.25) is 0 Å². The Morgan fingerprint density at radius 1 is 0.839 bits per heavy atom. The lowest BCUT2D eigenvalue weighted by Crippen LogP contribution is -2.44. The number of carbonyl (C=O) groups is 1. The van der Waals surface area contributed by atoms with Crippen molar-refractivity contribution in [2.24, 2.45) is 5.41 Å². The van der Waals surface area contributed by atoms with Gasteiger partial charge in [-0.1, -0.05) is 49.7 Å². The number of carbonyl (C=O) groups excluding carboxylic acids is 1. The van der Waals surface area contributed by atoms with E-state index in [4.69, 9.17) is 0 Å². The van der Waals surface area contributed by atoms with E-state index in [9.17, 15) is 21.6 Å². The van der Waals surface area contributed by atoms with Crippen LogP contribution >= 0.6 is 0 Å². The molecule has 0 radical (unpaired) electrons. The zero-order valence-corrected chi connectivity index (χ0v) is 19.7. The fourth-order valence-electron chi connectivity index (χ4n) is 4.42. The quantitative estimate of drug-likeness (QED) is 0.553. The molecule has 5 nitrogen and oxygen atoms in total. The predicted octanol–water partition coefficient (Wildman–Crippen LogP) is 4.97. The molecule has 0 bridgehead atoms. The Bertz CT molecular complexity index is 1050. The maximum Gasteiger partial charge on any atom is 0.198 e. The highest BCUT2D eigenvalue weighted by molar-refractivity contribution is 8.10. The van der Waals surface area contributed by atoms with Gasteiger partial charge in [0, 0.05) is 11.8 Å². The lowest BCUT2D eigenvalue weighted by molar-refractivity contribution is -0.130. The summed E-state index contributed by atoms with van der Waals surface area (Å²) in [5, 5.41) is 0. The molecule has 1 unspecified atom stereocenters. The largest absolute Gasteiger partial charge is 0.299 e. The topological polar surface area (TPSA) is 85.3 Å². The Morgan fingerprint density at radius 3 is 1.77 bits per heavy atom. The van der Waals surface area contributed by atoms with Crippen LogP contribution in [0.4, 0.5) is 0 Å². The van der Waals surface area contributed by atoms with Crippen molar-refractivity contribution in [1.29, 1.82) is 0 Å². The van der Waals surface area contributed by atoms with Crippen LogP contribution in [0.15, 0.2) is 70.5 Å². The predicted molar refractivity (Wildman–Crippen MR) is 121 cm³/mol. The molecule has 0 amide bonds. The molecule has 168 valence electrons. The Balaban J connectivity index is 2.00. The van der Waals surface area contributed by atoms with Crippen LogP contribution < -0.4 is 0 Å². The van der Waals surface area contributed by atoms with Gasteiger partial charge in [-0.25, -0.2) is 16.8 Å². The molecule has 0 aliphatic heterocycles. The lowest BCUT2D eigenvalue weighted by Gasteiger charge is -2.34. The molecule has 2 aromatic carbocycles. The fraction of sp³-hybridized carbons (Fsp3) is 0.458. The van der Waals surface area contributed by atoms with Crippen LogP contribution in [-0.2, 0) is 24.5 Å². The number of ketones is 1. The first-order chi connectivity index (χ1) is 14.5. The van der Waals surface area contributed by atoms with E-state index in [0.717, 1.165) is 19.3 Å². The van der Waals surface area contributed by atoms with Crippen LogP contribution in [0, 0.1) is 5.41 Å². The van der Waals surface area contributed by atoms with E-state index in [2.05, 4.69) is 0 Å². The number of sulfone groups is 2. The van der Waals surface area contributed by atoms with Gasteiger partial charge in [0.15, 0.2) is 23.8 Å². The molecule has 1 fully saturated rings. The van der Waals surface area contributed by atoms with E-state index >= 15 is 0 Å². The normalized spacial score (nSPS) is 20.5. The van der Waals surface area contributed by atoms with Crippen molar-refractivity contribution in [2.75, 3.05) is 0 Å². The summed E-state index contributed by atoms with van der Waals surface area (Å²) in [6, 6.07) is 15.5. The maximum absolute atomic E-state index is 13.7. The van der Waals surface area contributed by atoms with Crippen molar-refractivity contribution in [2.45, 2.75) is 72.7 Å². The fourth-order valence-corrected chi connectivity index (χ4v) is 9.00. The molecule has 1 aliphatic carbocycles. The SMILES string of the molecule is CC1(CCCC(C)(S(=O)(=O)c2ccccc2)S(=O)(=O)c2ccccc2)CCCCC1=O. The zero-order valence-electron chi connectivity index (χ0n) is 18.1. The summed E-state index contributed by atoms with van der Waals surface area (Å²) in [4.78, 5) is 12.4. The first kappa shape index (κ1) is 23.7. The third-order valence-corrected chi connectivity index (χ3v) is 12.4. The molecule has 7 heteroatoms. The highest BCUT2D eigenvalue weighted by Crippen LogP contribution is 2.42. The minimum absolute atomic E-state index is 0.0167. The first-order valence-electron chi connectivity index (χ1n) is 10.7. The van der Waals surface area contributed by atoms with Crippen LogP contribution in [0.5, 0.6) is 0 Å². The number of Topliss-reactive ketones (excluding diaryl/α,β-unsaturated/α-hetero) is 1. The van der Waals surface area contributed by atoms with E-state index in [1.165, 1.54) is 31.2 Å². The zero-order chi connectivity index (χ0) is 22.8. The van der Waals surface area contributed by atoms with Crippen molar-refractivity contribution in [1.82, 2.24) is 0 Å². The molecule has 0 spiro atoms. The summed E-state index contributed by atoms with van der Waals surface area (Å²) in [7, 11) is -8.43. The lowest BCUT2D eigenvalue weighted by atomic mass is 9.71. The Kier molecular flexibility index (Phi) is 6.77. The van der Waals surface area contributed by atoms with E-state index in [1.54, 1.807) is 36.4 Å². The Morgan fingerprint density at radius 2 is 1.32 bits per heavy atom. The van der Waals surface area contributed by atoms with Crippen LogP contribution in [0.3, 0.4) is 0 Å². The van der Waals surface area contributed by atoms with E-state index in [-0.39, 0.29) is 22.0 Å². The van der Waals surface area contributed by atoms with Gasteiger partial charge in [-0.3, -0.25) is 4.79 Å². The highest BCUT2D eigenvalue weighted by Gasteiger charge is 2.52. The third-order valence-electron chi connectivity index (χ3n) is 6.66. The summed E-state index contributed by atoms with van der Waals surface area (Å²) in [5.74, 6) is 0.192. The van der Waals surface area contributed by atoms with Crippen LogP contribution in [-0.4, -0.2) is 26.7 Å².